The number of thiazole rings is 1. The molecule has 1 heterocycles. The smallest absolute Gasteiger partial charge is 0.271 e. The van der Waals surface area contributed by atoms with Crippen molar-refractivity contribution in [3.05, 3.63) is 45.9 Å². The van der Waals surface area contributed by atoms with Crippen LogP contribution in [0.3, 0.4) is 0 Å². The van der Waals surface area contributed by atoms with E-state index in [0.717, 1.165) is 5.56 Å². The first-order valence-electron chi connectivity index (χ1n) is 7.94. The third-order valence-corrected chi connectivity index (χ3v) is 6.61. The normalized spacial score (nSPS) is 11.7. The van der Waals surface area contributed by atoms with Gasteiger partial charge in [-0.25, -0.2) is 13.4 Å². The molecule has 0 aliphatic carbocycles. The summed E-state index contributed by atoms with van der Waals surface area (Å²) in [7, 11) is -3.47. The molecule has 1 aromatic carbocycles. The van der Waals surface area contributed by atoms with E-state index in [0.29, 0.717) is 36.9 Å². The Bertz CT molecular complexity index is 812. The van der Waals surface area contributed by atoms with Gasteiger partial charge in [-0.2, -0.15) is 4.31 Å². The van der Waals surface area contributed by atoms with E-state index >= 15 is 0 Å². The van der Waals surface area contributed by atoms with Gasteiger partial charge < -0.3 is 11.1 Å². The van der Waals surface area contributed by atoms with E-state index < -0.39 is 10.0 Å². The number of nitrogens with zero attached hydrogens (tertiary/aromatic N) is 2. The van der Waals surface area contributed by atoms with Gasteiger partial charge >= 0.3 is 0 Å². The number of nitrogens with one attached hydrogen (secondary N) is 1. The predicted molar refractivity (Wildman–Crippen MR) is 97.7 cm³/mol. The van der Waals surface area contributed by atoms with Crippen LogP contribution in [0.15, 0.2) is 34.5 Å². The van der Waals surface area contributed by atoms with Crippen LogP contribution in [0.5, 0.6) is 0 Å². The first kappa shape index (κ1) is 19.5. The molecule has 9 heteroatoms. The fourth-order valence-corrected chi connectivity index (χ4v) is 4.39. The summed E-state index contributed by atoms with van der Waals surface area (Å²) in [6.07, 6.45) is 0. The zero-order valence-corrected chi connectivity index (χ0v) is 15.9. The molecule has 136 valence electrons. The van der Waals surface area contributed by atoms with E-state index in [-0.39, 0.29) is 10.8 Å². The Labute approximate surface area is 151 Å². The van der Waals surface area contributed by atoms with Crippen LogP contribution in [0.1, 0.15) is 34.9 Å². The summed E-state index contributed by atoms with van der Waals surface area (Å²) in [5.74, 6) is -0.282. The van der Waals surface area contributed by atoms with E-state index in [2.05, 4.69) is 10.3 Å². The summed E-state index contributed by atoms with van der Waals surface area (Å²) in [6, 6.07) is 6.51. The van der Waals surface area contributed by atoms with Gasteiger partial charge in [-0.15, -0.1) is 11.3 Å². The SMILES string of the molecule is CCN(CC)S(=O)(=O)c1ccc(CNC(=O)c2csc(CN)n2)cc1. The molecule has 0 unspecified atom stereocenters. The Hall–Kier alpha value is -1.81. The van der Waals surface area contributed by atoms with E-state index in [1.165, 1.54) is 15.6 Å². The summed E-state index contributed by atoms with van der Waals surface area (Å²) >= 11 is 1.34. The van der Waals surface area contributed by atoms with Crippen LogP contribution in [0.25, 0.3) is 0 Å². The number of rotatable bonds is 8. The van der Waals surface area contributed by atoms with Gasteiger partial charge in [0, 0.05) is 31.6 Å². The number of amides is 1. The fraction of sp³-hybridized carbons (Fsp3) is 0.375. The van der Waals surface area contributed by atoms with Crippen molar-refractivity contribution in [3.63, 3.8) is 0 Å². The Morgan fingerprint density at radius 2 is 1.88 bits per heavy atom. The quantitative estimate of drug-likeness (QED) is 0.721. The van der Waals surface area contributed by atoms with Gasteiger partial charge in [-0.05, 0) is 17.7 Å². The van der Waals surface area contributed by atoms with Gasteiger partial charge in [0.15, 0.2) is 0 Å². The molecule has 0 aliphatic rings. The van der Waals surface area contributed by atoms with Crippen molar-refractivity contribution in [2.45, 2.75) is 31.8 Å². The molecule has 1 aromatic heterocycles. The predicted octanol–water partition coefficient (Wildman–Crippen LogP) is 1.56. The number of carbonyl (C=O) groups is 1. The Morgan fingerprint density at radius 1 is 1.24 bits per heavy atom. The van der Waals surface area contributed by atoms with Crippen molar-refractivity contribution < 1.29 is 13.2 Å². The third kappa shape index (κ3) is 4.63. The zero-order chi connectivity index (χ0) is 18.4. The van der Waals surface area contributed by atoms with Crippen molar-refractivity contribution in [3.8, 4) is 0 Å². The largest absolute Gasteiger partial charge is 0.347 e. The Kier molecular flexibility index (Phi) is 6.65. The lowest BCUT2D eigenvalue weighted by Crippen LogP contribution is -2.30. The van der Waals surface area contributed by atoms with Crippen molar-refractivity contribution in [2.24, 2.45) is 5.73 Å². The minimum atomic E-state index is -3.47. The molecular weight excluding hydrogens is 360 g/mol. The lowest BCUT2D eigenvalue weighted by Gasteiger charge is -2.18. The molecule has 2 aromatic rings. The number of hydrogen-bond acceptors (Lipinski definition) is 6. The molecule has 0 saturated carbocycles. The van der Waals surface area contributed by atoms with Crippen LogP contribution in [-0.2, 0) is 23.1 Å². The minimum absolute atomic E-state index is 0.248. The van der Waals surface area contributed by atoms with Gasteiger partial charge in [0.2, 0.25) is 10.0 Å². The summed E-state index contributed by atoms with van der Waals surface area (Å²) in [5.41, 5.74) is 6.63. The van der Waals surface area contributed by atoms with Crippen LogP contribution in [0.4, 0.5) is 0 Å². The summed E-state index contributed by atoms with van der Waals surface area (Å²) in [5, 5.41) is 5.13. The van der Waals surface area contributed by atoms with Crippen LogP contribution in [0.2, 0.25) is 0 Å². The zero-order valence-electron chi connectivity index (χ0n) is 14.2. The molecule has 2 rings (SSSR count). The van der Waals surface area contributed by atoms with Crippen LogP contribution in [-0.4, -0.2) is 36.7 Å². The van der Waals surface area contributed by atoms with Crippen LogP contribution < -0.4 is 11.1 Å². The summed E-state index contributed by atoms with van der Waals surface area (Å²) in [6.45, 7) is 5.06. The Balaban J connectivity index is 2.02. The Morgan fingerprint density at radius 3 is 2.40 bits per heavy atom. The highest BCUT2D eigenvalue weighted by molar-refractivity contribution is 7.89. The van der Waals surface area contributed by atoms with Crippen molar-refractivity contribution in [1.29, 1.82) is 0 Å². The highest BCUT2D eigenvalue weighted by atomic mass is 32.2. The van der Waals surface area contributed by atoms with Gasteiger partial charge in [0.25, 0.3) is 5.91 Å². The number of carbonyl (C=O) groups excluding carboxylic acids is 1. The average Bonchev–Trinajstić information content (AvgIpc) is 3.10. The summed E-state index contributed by atoms with van der Waals surface area (Å²) < 4.78 is 26.3. The van der Waals surface area contributed by atoms with Crippen molar-refractivity contribution in [1.82, 2.24) is 14.6 Å². The average molecular weight is 383 g/mol. The lowest BCUT2D eigenvalue weighted by molar-refractivity contribution is 0.0946. The topological polar surface area (TPSA) is 105 Å². The number of aromatic nitrogens is 1. The molecule has 0 atom stereocenters. The molecule has 25 heavy (non-hydrogen) atoms. The van der Waals surface area contributed by atoms with Gasteiger partial charge in [0.1, 0.15) is 10.7 Å². The molecule has 0 saturated heterocycles. The van der Waals surface area contributed by atoms with E-state index in [1.807, 2.05) is 0 Å². The molecule has 7 nitrogen and oxygen atoms in total. The molecule has 0 fully saturated rings. The maximum Gasteiger partial charge on any atom is 0.271 e. The van der Waals surface area contributed by atoms with E-state index in [1.54, 1.807) is 43.5 Å². The molecule has 0 spiro atoms. The minimum Gasteiger partial charge on any atom is -0.347 e. The number of benzene rings is 1. The number of nitrogens with two attached hydrogens (primary N) is 1. The van der Waals surface area contributed by atoms with Gasteiger partial charge in [-0.3, -0.25) is 4.79 Å². The third-order valence-electron chi connectivity index (χ3n) is 3.68. The second-order valence-electron chi connectivity index (χ2n) is 5.25. The molecule has 0 aliphatic heterocycles. The lowest BCUT2D eigenvalue weighted by atomic mass is 10.2. The maximum atomic E-state index is 12.4. The second kappa shape index (κ2) is 8.52. The van der Waals surface area contributed by atoms with Gasteiger partial charge in [-0.1, -0.05) is 26.0 Å². The first-order valence-corrected chi connectivity index (χ1v) is 10.3. The second-order valence-corrected chi connectivity index (χ2v) is 8.13. The highest BCUT2D eigenvalue weighted by Gasteiger charge is 2.21. The number of hydrogen-bond donors (Lipinski definition) is 2. The maximum absolute atomic E-state index is 12.4. The molecular formula is C16H22N4O3S2. The van der Waals surface area contributed by atoms with Crippen molar-refractivity contribution >= 4 is 27.3 Å². The molecule has 1 amide bonds. The summed E-state index contributed by atoms with van der Waals surface area (Å²) in [4.78, 5) is 16.4. The molecule has 0 radical (unpaired) electrons. The number of sulfonamides is 1. The first-order chi connectivity index (χ1) is 11.9. The van der Waals surface area contributed by atoms with Gasteiger partial charge in [0.05, 0.1) is 4.90 Å². The molecule has 3 N–H and O–H groups in total. The van der Waals surface area contributed by atoms with E-state index in [4.69, 9.17) is 5.73 Å². The fourth-order valence-electron chi connectivity index (χ4n) is 2.27. The monoisotopic (exact) mass is 382 g/mol. The van der Waals surface area contributed by atoms with E-state index in [9.17, 15) is 13.2 Å². The van der Waals surface area contributed by atoms with Crippen LogP contribution in [0, 0.1) is 0 Å². The van der Waals surface area contributed by atoms with Crippen molar-refractivity contribution in [2.75, 3.05) is 13.1 Å². The highest BCUT2D eigenvalue weighted by Crippen LogP contribution is 2.16. The standard InChI is InChI=1S/C16H22N4O3S2/c1-3-20(4-2)25(22,23)13-7-5-12(6-8-13)10-18-16(21)14-11-24-15(9-17)19-14/h5-8,11H,3-4,9-10,17H2,1-2H3,(H,18,21). The van der Waals surface area contributed by atoms with Crippen LogP contribution >= 0.6 is 11.3 Å². The molecule has 0 bridgehead atoms.